The topological polar surface area (TPSA) is 41.6 Å². The number of carbonyl (C=O) groups excluding carboxylic acids is 1. The van der Waals surface area contributed by atoms with Crippen LogP contribution in [0.15, 0.2) is 46.7 Å². The quantitative estimate of drug-likeness (QED) is 0.566. The van der Waals surface area contributed by atoms with Gasteiger partial charge in [0.25, 0.3) is 5.91 Å². The average molecular weight is 377 g/mol. The van der Waals surface area contributed by atoms with Gasteiger partial charge in [-0.05, 0) is 36.5 Å². The molecule has 0 bridgehead atoms. The molecule has 2 aromatic rings. The first kappa shape index (κ1) is 18.5. The molecule has 1 fully saturated rings. The third-order valence-corrected chi connectivity index (χ3v) is 6.30. The van der Waals surface area contributed by atoms with Crippen molar-refractivity contribution in [3.8, 4) is 0 Å². The van der Waals surface area contributed by atoms with Crippen molar-refractivity contribution >= 4 is 29.0 Å². The Morgan fingerprint density at radius 2 is 2.04 bits per heavy atom. The van der Waals surface area contributed by atoms with E-state index in [1.54, 1.807) is 23.1 Å². The summed E-state index contributed by atoms with van der Waals surface area (Å²) in [7, 11) is 0. The van der Waals surface area contributed by atoms with E-state index in [1.165, 1.54) is 4.88 Å². The number of amides is 1. The van der Waals surface area contributed by atoms with Gasteiger partial charge < -0.3 is 10.1 Å². The predicted octanol–water partition coefficient (Wildman–Crippen LogP) is 3.49. The van der Waals surface area contributed by atoms with Crippen LogP contribution in [0.5, 0.6) is 0 Å². The minimum Gasteiger partial charge on any atom is -0.379 e. The number of thiophene rings is 1. The first-order valence-electron chi connectivity index (χ1n) is 8.65. The van der Waals surface area contributed by atoms with E-state index in [1.807, 2.05) is 24.3 Å². The standard InChI is InChI=1S/C19H24N2O2S2/c22-19(20-8-4-9-21-10-12-23-13-11-21)17-6-1-2-7-18(17)25-15-16-5-3-14-24-16/h1-3,5-7,14H,4,8-13,15H2,(H,20,22). The summed E-state index contributed by atoms with van der Waals surface area (Å²) in [5, 5.41) is 5.15. The van der Waals surface area contributed by atoms with Crippen LogP contribution in [0.2, 0.25) is 0 Å². The molecule has 0 unspecified atom stereocenters. The van der Waals surface area contributed by atoms with Gasteiger partial charge in [-0.1, -0.05) is 18.2 Å². The molecule has 0 atom stereocenters. The molecule has 134 valence electrons. The summed E-state index contributed by atoms with van der Waals surface area (Å²) in [6.45, 7) is 5.35. The predicted molar refractivity (Wildman–Crippen MR) is 105 cm³/mol. The lowest BCUT2D eigenvalue weighted by atomic mass is 10.2. The highest BCUT2D eigenvalue weighted by atomic mass is 32.2. The van der Waals surface area contributed by atoms with E-state index in [4.69, 9.17) is 4.74 Å². The number of morpholine rings is 1. The molecular formula is C19H24N2O2S2. The number of carbonyl (C=O) groups is 1. The molecular weight excluding hydrogens is 352 g/mol. The number of rotatable bonds is 8. The summed E-state index contributed by atoms with van der Waals surface area (Å²) >= 11 is 3.47. The zero-order valence-corrected chi connectivity index (χ0v) is 15.9. The van der Waals surface area contributed by atoms with E-state index in [9.17, 15) is 4.79 Å². The Bertz CT molecular complexity index is 655. The molecule has 1 aromatic heterocycles. The number of ether oxygens (including phenoxy) is 1. The highest BCUT2D eigenvalue weighted by molar-refractivity contribution is 7.98. The molecule has 1 saturated heterocycles. The molecule has 1 aliphatic rings. The molecule has 0 spiro atoms. The van der Waals surface area contributed by atoms with Crippen molar-refractivity contribution in [2.24, 2.45) is 0 Å². The maximum Gasteiger partial charge on any atom is 0.252 e. The summed E-state index contributed by atoms with van der Waals surface area (Å²) in [6, 6.07) is 12.1. The molecule has 25 heavy (non-hydrogen) atoms. The van der Waals surface area contributed by atoms with E-state index >= 15 is 0 Å². The Morgan fingerprint density at radius 3 is 2.84 bits per heavy atom. The van der Waals surface area contributed by atoms with Crippen molar-refractivity contribution in [2.45, 2.75) is 17.1 Å². The SMILES string of the molecule is O=C(NCCCN1CCOCC1)c1ccccc1SCc1cccs1. The van der Waals surface area contributed by atoms with Gasteiger partial charge in [-0.15, -0.1) is 23.1 Å². The summed E-state index contributed by atoms with van der Waals surface area (Å²) < 4.78 is 5.35. The zero-order valence-electron chi connectivity index (χ0n) is 14.3. The Hall–Kier alpha value is -1.34. The molecule has 1 aliphatic heterocycles. The fourth-order valence-corrected chi connectivity index (χ4v) is 4.57. The number of nitrogens with zero attached hydrogens (tertiary/aromatic N) is 1. The first-order chi connectivity index (χ1) is 12.3. The molecule has 0 radical (unpaired) electrons. The van der Waals surface area contributed by atoms with Gasteiger partial charge in [0.05, 0.1) is 18.8 Å². The van der Waals surface area contributed by atoms with Crippen LogP contribution in [-0.2, 0) is 10.5 Å². The molecule has 1 amide bonds. The third-order valence-electron chi connectivity index (χ3n) is 4.12. The first-order valence-corrected chi connectivity index (χ1v) is 10.5. The van der Waals surface area contributed by atoms with Crippen LogP contribution in [0.3, 0.4) is 0 Å². The third kappa shape index (κ3) is 5.85. The second kappa shape index (κ2) is 9.97. The fraction of sp³-hybridized carbons (Fsp3) is 0.421. The van der Waals surface area contributed by atoms with Gasteiger partial charge in [0, 0.05) is 35.2 Å². The van der Waals surface area contributed by atoms with E-state index in [2.05, 4.69) is 27.7 Å². The van der Waals surface area contributed by atoms with Crippen LogP contribution in [0, 0.1) is 0 Å². The van der Waals surface area contributed by atoms with E-state index in [-0.39, 0.29) is 5.91 Å². The van der Waals surface area contributed by atoms with Crippen molar-refractivity contribution < 1.29 is 9.53 Å². The number of nitrogens with one attached hydrogen (secondary N) is 1. The summed E-state index contributed by atoms with van der Waals surface area (Å²) in [4.78, 5) is 17.3. The molecule has 1 aromatic carbocycles. The highest BCUT2D eigenvalue weighted by Crippen LogP contribution is 2.27. The van der Waals surface area contributed by atoms with Crippen LogP contribution in [0.1, 0.15) is 21.7 Å². The fourth-order valence-electron chi connectivity index (χ4n) is 2.75. The summed E-state index contributed by atoms with van der Waals surface area (Å²) in [5.74, 6) is 0.926. The largest absolute Gasteiger partial charge is 0.379 e. The van der Waals surface area contributed by atoms with Crippen LogP contribution in [-0.4, -0.2) is 50.2 Å². The summed E-state index contributed by atoms with van der Waals surface area (Å²) in [5.41, 5.74) is 0.774. The second-order valence-corrected chi connectivity index (χ2v) is 7.98. The second-order valence-electron chi connectivity index (χ2n) is 5.93. The Kier molecular flexibility index (Phi) is 7.36. The maximum absolute atomic E-state index is 12.5. The van der Waals surface area contributed by atoms with Crippen molar-refractivity contribution in [1.82, 2.24) is 10.2 Å². The lowest BCUT2D eigenvalue weighted by Crippen LogP contribution is -2.38. The van der Waals surface area contributed by atoms with E-state index in [0.29, 0.717) is 6.54 Å². The van der Waals surface area contributed by atoms with Crippen molar-refractivity contribution in [3.05, 3.63) is 52.2 Å². The molecule has 4 nitrogen and oxygen atoms in total. The smallest absolute Gasteiger partial charge is 0.252 e. The lowest BCUT2D eigenvalue weighted by molar-refractivity contribution is 0.0374. The van der Waals surface area contributed by atoms with Gasteiger partial charge in [0.1, 0.15) is 0 Å². The Balaban J connectivity index is 1.46. The minimum atomic E-state index is 0.0243. The van der Waals surface area contributed by atoms with E-state index < -0.39 is 0 Å². The number of benzene rings is 1. The molecule has 3 rings (SSSR count). The normalized spacial score (nSPS) is 15.2. The van der Waals surface area contributed by atoms with Crippen LogP contribution in [0.25, 0.3) is 0 Å². The van der Waals surface area contributed by atoms with Gasteiger partial charge in [-0.2, -0.15) is 0 Å². The average Bonchev–Trinajstić information content (AvgIpc) is 3.18. The minimum absolute atomic E-state index is 0.0243. The van der Waals surface area contributed by atoms with Crippen LogP contribution < -0.4 is 5.32 Å². The molecule has 6 heteroatoms. The van der Waals surface area contributed by atoms with E-state index in [0.717, 1.165) is 55.5 Å². The Labute approximate surface area is 157 Å². The van der Waals surface area contributed by atoms with Gasteiger partial charge in [0.2, 0.25) is 0 Å². The molecule has 1 N–H and O–H groups in total. The summed E-state index contributed by atoms with van der Waals surface area (Å²) in [6.07, 6.45) is 0.968. The van der Waals surface area contributed by atoms with Crippen molar-refractivity contribution in [3.63, 3.8) is 0 Å². The van der Waals surface area contributed by atoms with Gasteiger partial charge >= 0.3 is 0 Å². The number of hydrogen-bond acceptors (Lipinski definition) is 5. The number of hydrogen-bond donors (Lipinski definition) is 1. The highest BCUT2D eigenvalue weighted by Gasteiger charge is 2.12. The van der Waals surface area contributed by atoms with Crippen molar-refractivity contribution in [1.29, 1.82) is 0 Å². The molecule has 0 aliphatic carbocycles. The maximum atomic E-state index is 12.5. The van der Waals surface area contributed by atoms with Gasteiger partial charge in [-0.3, -0.25) is 9.69 Å². The zero-order chi connectivity index (χ0) is 17.3. The lowest BCUT2D eigenvalue weighted by Gasteiger charge is -2.26. The molecule has 0 saturated carbocycles. The number of thioether (sulfide) groups is 1. The van der Waals surface area contributed by atoms with Crippen LogP contribution in [0.4, 0.5) is 0 Å². The van der Waals surface area contributed by atoms with Crippen molar-refractivity contribution in [2.75, 3.05) is 39.4 Å². The van der Waals surface area contributed by atoms with Gasteiger partial charge in [0.15, 0.2) is 0 Å². The Morgan fingerprint density at radius 1 is 1.20 bits per heavy atom. The van der Waals surface area contributed by atoms with Gasteiger partial charge in [-0.25, -0.2) is 0 Å². The molecule has 2 heterocycles. The monoisotopic (exact) mass is 376 g/mol. The van der Waals surface area contributed by atoms with Crippen LogP contribution >= 0.6 is 23.1 Å².